The molecule has 1 aliphatic rings. The maximum Gasteiger partial charge on any atom is 0.0796 e. The molecule has 0 spiro atoms. The average molecular weight is 298 g/mol. The molecule has 0 saturated carbocycles. The van der Waals surface area contributed by atoms with Crippen LogP contribution < -0.4 is 29.7 Å². The largest absolute Gasteiger partial charge is 1.00 e. The van der Waals surface area contributed by atoms with E-state index in [0.717, 1.165) is 12.5 Å². The minimum atomic E-state index is 0. The van der Waals surface area contributed by atoms with E-state index in [4.69, 9.17) is 5.73 Å². The van der Waals surface area contributed by atoms with Crippen LogP contribution in [0.25, 0.3) is 0 Å². The summed E-state index contributed by atoms with van der Waals surface area (Å²) in [6.07, 6.45) is 3.99. The quantitative estimate of drug-likeness (QED) is 0.484. The number of likely N-dealkylation sites (tertiary alicyclic amines) is 1. The fraction of sp³-hybridized carbons (Fsp3) is 1.00. The third-order valence-electron chi connectivity index (χ3n) is 3.23. The first kappa shape index (κ1) is 13.7. The van der Waals surface area contributed by atoms with Gasteiger partial charge in [0.2, 0.25) is 0 Å². The van der Waals surface area contributed by atoms with Crippen molar-refractivity contribution in [3.63, 3.8) is 0 Å². The van der Waals surface area contributed by atoms with Crippen LogP contribution in [0, 0.1) is 5.92 Å². The highest BCUT2D eigenvalue weighted by Gasteiger charge is 2.26. The monoisotopic (exact) mass is 298 g/mol. The summed E-state index contributed by atoms with van der Waals surface area (Å²) in [4.78, 5) is 0. The number of quaternary nitrogens is 1. The summed E-state index contributed by atoms with van der Waals surface area (Å²) >= 11 is 0. The molecule has 2 nitrogen and oxygen atoms in total. The average Bonchev–Trinajstić information content (AvgIpc) is 2.08. The normalized spacial score (nSPS) is 33.9. The molecule has 1 rings (SSSR count). The van der Waals surface area contributed by atoms with Gasteiger partial charge in [-0.25, -0.2) is 0 Å². The molecule has 0 amide bonds. The van der Waals surface area contributed by atoms with Gasteiger partial charge >= 0.3 is 0 Å². The third-order valence-corrected chi connectivity index (χ3v) is 3.23. The van der Waals surface area contributed by atoms with Crippen LogP contribution in [-0.2, 0) is 0 Å². The second-order valence-electron chi connectivity index (χ2n) is 4.62. The second kappa shape index (κ2) is 6.19. The van der Waals surface area contributed by atoms with E-state index in [1.807, 2.05) is 0 Å². The zero-order chi connectivity index (χ0) is 9.03. The van der Waals surface area contributed by atoms with Crippen LogP contribution in [0.1, 0.15) is 26.2 Å². The van der Waals surface area contributed by atoms with Gasteiger partial charge in [0.05, 0.1) is 26.7 Å². The Morgan fingerprint density at radius 2 is 1.85 bits per heavy atom. The summed E-state index contributed by atoms with van der Waals surface area (Å²) in [5.74, 6) is 0.953. The van der Waals surface area contributed by atoms with Crippen molar-refractivity contribution in [2.75, 3.05) is 33.2 Å². The molecule has 1 aliphatic heterocycles. The molecule has 80 valence electrons. The van der Waals surface area contributed by atoms with Gasteiger partial charge in [0.15, 0.2) is 0 Å². The van der Waals surface area contributed by atoms with Crippen molar-refractivity contribution in [2.24, 2.45) is 11.7 Å². The van der Waals surface area contributed by atoms with Gasteiger partial charge in [-0.3, -0.25) is 0 Å². The number of hydrogen-bond acceptors (Lipinski definition) is 1. The summed E-state index contributed by atoms with van der Waals surface area (Å²) in [6, 6.07) is 0. The minimum Gasteiger partial charge on any atom is -1.00 e. The van der Waals surface area contributed by atoms with Crippen LogP contribution >= 0.6 is 0 Å². The van der Waals surface area contributed by atoms with E-state index in [9.17, 15) is 0 Å². The molecular formula is C10H23IN2. The minimum absolute atomic E-state index is 0. The summed E-state index contributed by atoms with van der Waals surface area (Å²) in [5, 5.41) is 0. The SMILES string of the molecule is CC1CC[N+](C)(CCCN)CC1.[I-]. The molecule has 1 heterocycles. The molecule has 2 N–H and O–H groups in total. The molecule has 0 aromatic rings. The number of nitrogens with two attached hydrogens (primary N) is 1. The Bertz CT molecular complexity index is 125. The molecule has 0 aromatic carbocycles. The predicted molar refractivity (Wildman–Crippen MR) is 52.9 cm³/mol. The van der Waals surface area contributed by atoms with Crippen molar-refractivity contribution in [1.82, 2.24) is 0 Å². The number of piperidine rings is 1. The van der Waals surface area contributed by atoms with Gasteiger partial charge < -0.3 is 34.2 Å². The topological polar surface area (TPSA) is 26.0 Å². The zero-order valence-corrected chi connectivity index (χ0v) is 11.1. The van der Waals surface area contributed by atoms with Gasteiger partial charge in [-0.2, -0.15) is 0 Å². The first-order chi connectivity index (χ1) is 5.66. The van der Waals surface area contributed by atoms with E-state index >= 15 is 0 Å². The lowest BCUT2D eigenvalue weighted by atomic mass is 9.97. The second-order valence-corrected chi connectivity index (χ2v) is 4.62. The molecule has 0 bridgehead atoms. The Balaban J connectivity index is 0.00000144. The molecule has 3 heteroatoms. The summed E-state index contributed by atoms with van der Waals surface area (Å²) in [5.41, 5.74) is 5.52. The zero-order valence-electron chi connectivity index (χ0n) is 8.93. The molecule has 0 aromatic heterocycles. The van der Waals surface area contributed by atoms with E-state index in [2.05, 4.69) is 14.0 Å². The fourth-order valence-corrected chi connectivity index (χ4v) is 2.02. The highest BCUT2D eigenvalue weighted by atomic mass is 127. The molecule has 13 heavy (non-hydrogen) atoms. The molecule has 0 atom stereocenters. The van der Waals surface area contributed by atoms with Crippen LogP contribution in [0.5, 0.6) is 0 Å². The lowest BCUT2D eigenvalue weighted by Crippen LogP contribution is -3.00. The van der Waals surface area contributed by atoms with Crippen molar-refractivity contribution in [3.8, 4) is 0 Å². The van der Waals surface area contributed by atoms with Crippen molar-refractivity contribution in [1.29, 1.82) is 0 Å². The third kappa shape index (κ3) is 4.61. The van der Waals surface area contributed by atoms with Crippen LogP contribution in [0.3, 0.4) is 0 Å². The lowest BCUT2D eigenvalue weighted by Gasteiger charge is -2.39. The molecule has 0 unspecified atom stereocenters. The van der Waals surface area contributed by atoms with Gasteiger partial charge in [-0.1, -0.05) is 6.92 Å². The van der Waals surface area contributed by atoms with E-state index in [-0.39, 0.29) is 24.0 Å². The molecule has 0 aliphatic carbocycles. The first-order valence-electron chi connectivity index (χ1n) is 5.20. The standard InChI is InChI=1S/C10H23N2.HI/c1-10-4-8-12(2,9-5-10)7-3-6-11;/h10H,3-9,11H2,1-2H3;1H/q+1;/p-1. The van der Waals surface area contributed by atoms with E-state index in [1.54, 1.807) is 0 Å². The van der Waals surface area contributed by atoms with E-state index < -0.39 is 0 Å². The Labute approximate surface area is 99.5 Å². The molecule has 0 radical (unpaired) electrons. The van der Waals surface area contributed by atoms with E-state index in [1.165, 1.54) is 43.4 Å². The maximum absolute atomic E-state index is 5.52. The summed E-state index contributed by atoms with van der Waals surface area (Å²) < 4.78 is 1.27. The van der Waals surface area contributed by atoms with Gasteiger partial charge in [0.1, 0.15) is 0 Å². The highest BCUT2D eigenvalue weighted by Crippen LogP contribution is 2.21. The lowest BCUT2D eigenvalue weighted by molar-refractivity contribution is -0.915. The number of hydrogen-bond donors (Lipinski definition) is 1. The Morgan fingerprint density at radius 3 is 2.31 bits per heavy atom. The smallest absolute Gasteiger partial charge is 0.0796 e. The Hall–Kier alpha value is 0.650. The van der Waals surface area contributed by atoms with Crippen LogP contribution in [0.2, 0.25) is 0 Å². The Kier molecular flexibility index (Phi) is 6.50. The van der Waals surface area contributed by atoms with Crippen molar-refractivity contribution in [2.45, 2.75) is 26.2 Å². The fourth-order valence-electron chi connectivity index (χ4n) is 2.02. The maximum atomic E-state index is 5.52. The Morgan fingerprint density at radius 1 is 1.31 bits per heavy atom. The van der Waals surface area contributed by atoms with Gasteiger partial charge in [-0.15, -0.1) is 0 Å². The summed E-state index contributed by atoms with van der Waals surface area (Å²) in [6.45, 7) is 7.22. The predicted octanol–water partition coefficient (Wildman–Crippen LogP) is -1.78. The number of nitrogens with zero attached hydrogens (tertiary/aromatic N) is 1. The van der Waals surface area contributed by atoms with Crippen LogP contribution in [0.4, 0.5) is 0 Å². The van der Waals surface area contributed by atoms with Crippen molar-refractivity contribution < 1.29 is 28.5 Å². The summed E-state index contributed by atoms with van der Waals surface area (Å²) in [7, 11) is 2.38. The molecular weight excluding hydrogens is 275 g/mol. The molecule has 1 fully saturated rings. The first-order valence-corrected chi connectivity index (χ1v) is 5.20. The molecule has 1 saturated heterocycles. The number of halogens is 1. The van der Waals surface area contributed by atoms with Crippen LogP contribution in [-0.4, -0.2) is 37.7 Å². The van der Waals surface area contributed by atoms with Crippen molar-refractivity contribution >= 4 is 0 Å². The van der Waals surface area contributed by atoms with Gasteiger partial charge in [-0.05, 0) is 25.3 Å². The number of rotatable bonds is 3. The van der Waals surface area contributed by atoms with Gasteiger partial charge in [0, 0.05) is 6.42 Å². The van der Waals surface area contributed by atoms with Crippen molar-refractivity contribution in [3.05, 3.63) is 0 Å². The van der Waals surface area contributed by atoms with Crippen LogP contribution in [0.15, 0.2) is 0 Å². The van der Waals surface area contributed by atoms with E-state index in [0.29, 0.717) is 0 Å². The van der Waals surface area contributed by atoms with Gasteiger partial charge in [0.25, 0.3) is 0 Å². The highest BCUT2D eigenvalue weighted by molar-refractivity contribution is 4.59.